The van der Waals surface area contributed by atoms with Gasteiger partial charge in [-0.25, -0.2) is 4.98 Å². The minimum absolute atomic E-state index is 0.0592. The van der Waals surface area contributed by atoms with E-state index in [1.54, 1.807) is 12.1 Å². The molecule has 170 valence electrons. The SMILES string of the molecule is O=C(Nc1nc(CC(=O)N2CCN(Cc3ccc4c(c3)OCO4)CC2)cs1)c1ccccc1. The number of piperazine rings is 1. The monoisotopic (exact) mass is 464 g/mol. The first-order valence-electron chi connectivity index (χ1n) is 10.8. The van der Waals surface area contributed by atoms with E-state index in [0.717, 1.165) is 31.1 Å². The molecule has 0 atom stereocenters. The lowest BCUT2D eigenvalue weighted by atomic mass is 10.1. The number of amides is 2. The number of hydrogen-bond donors (Lipinski definition) is 1. The number of benzene rings is 2. The molecule has 1 saturated heterocycles. The van der Waals surface area contributed by atoms with Gasteiger partial charge in [0, 0.05) is 43.7 Å². The maximum Gasteiger partial charge on any atom is 0.257 e. The third-order valence-corrected chi connectivity index (χ3v) is 6.52. The third-order valence-electron chi connectivity index (χ3n) is 5.71. The van der Waals surface area contributed by atoms with Crippen LogP contribution in [-0.4, -0.2) is 59.6 Å². The van der Waals surface area contributed by atoms with Crippen molar-refractivity contribution in [3.05, 3.63) is 70.7 Å². The Bertz CT molecular complexity index is 1140. The minimum atomic E-state index is -0.207. The van der Waals surface area contributed by atoms with E-state index in [9.17, 15) is 9.59 Å². The second-order valence-electron chi connectivity index (χ2n) is 7.99. The van der Waals surface area contributed by atoms with Crippen LogP contribution in [0.25, 0.3) is 0 Å². The predicted octanol–water partition coefficient (Wildman–Crippen LogP) is 3.01. The van der Waals surface area contributed by atoms with Crippen molar-refractivity contribution in [2.24, 2.45) is 0 Å². The van der Waals surface area contributed by atoms with Crippen LogP contribution in [0.4, 0.5) is 5.13 Å². The molecule has 3 aromatic rings. The van der Waals surface area contributed by atoms with E-state index in [-0.39, 0.29) is 25.0 Å². The highest BCUT2D eigenvalue weighted by atomic mass is 32.1. The van der Waals surface area contributed by atoms with Crippen molar-refractivity contribution >= 4 is 28.3 Å². The topological polar surface area (TPSA) is 84.0 Å². The van der Waals surface area contributed by atoms with E-state index in [2.05, 4.69) is 21.3 Å². The summed E-state index contributed by atoms with van der Waals surface area (Å²) in [5.41, 5.74) is 2.42. The maximum atomic E-state index is 12.8. The molecular formula is C24H24N4O4S. The van der Waals surface area contributed by atoms with E-state index in [1.807, 2.05) is 40.6 Å². The lowest BCUT2D eigenvalue weighted by molar-refractivity contribution is -0.132. The number of anilines is 1. The van der Waals surface area contributed by atoms with Crippen molar-refractivity contribution in [1.82, 2.24) is 14.8 Å². The Kier molecular flexibility index (Phi) is 6.23. The predicted molar refractivity (Wildman–Crippen MR) is 125 cm³/mol. The van der Waals surface area contributed by atoms with Crippen molar-refractivity contribution in [3.63, 3.8) is 0 Å². The van der Waals surface area contributed by atoms with Gasteiger partial charge in [-0.15, -0.1) is 11.3 Å². The van der Waals surface area contributed by atoms with Gasteiger partial charge in [0.25, 0.3) is 5.91 Å². The highest BCUT2D eigenvalue weighted by molar-refractivity contribution is 7.14. The molecule has 9 heteroatoms. The molecule has 2 amide bonds. The Balaban J connectivity index is 1.09. The summed E-state index contributed by atoms with van der Waals surface area (Å²) in [5, 5.41) is 5.12. The molecule has 2 aliphatic heterocycles. The van der Waals surface area contributed by atoms with Gasteiger partial charge in [-0.05, 0) is 29.8 Å². The molecule has 8 nitrogen and oxygen atoms in total. The molecule has 3 heterocycles. The Morgan fingerprint density at radius 2 is 1.79 bits per heavy atom. The standard InChI is InChI=1S/C24H24N4O4S/c29-22(13-19-15-33-24(25-19)26-23(30)18-4-2-1-3-5-18)28-10-8-27(9-11-28)14-17-6-7-20-21(12-17)32-16-31-20/h1-7,12,15H,8-11,13-14,16H2,(H,25,26,30). The zero-order valence-electron chi connectivity index (χ0n) is 18.0. The number of carbonyl (C=O) groups excluding carboxylic acids is 2. The van der Waals surface area contributed by atoms with Crippen LogP contribution in [0.15, 0.2) is 53.9 Å². The molecule has 0 saturated carbocycles. The first-order chi connectivity index (χ1) is 16.1. The molecule has 1 N–H and O–H groups in total. The first kappa shape index (κ1) is 21.4. The van der Waals surface area contributed by atoms with Crippen LogP contribution >= 0.6 is 11.3 Å². The molecular weight excluding hydrogens is 440 g/mol. The van der Waals surface area contributed by atoms with Crippen LogP contribution in [0.1, 0.15) is 21.6 Å². The van der Waals surface area contributed by atoms with E-state index in [0.29, 0.717) is 29.5 Å². The fourth-order valence-corrected chi connectivity index (χ4v) is 4.63. The van der Waals surface area contributed by atoms with Crippen LogP contribution in [0.2, 0.25) is 0 Å². The van der Waals surface area contributed by atoms with Crippen molar-refractivity contribution in [2.45, 2.75) is 13.0 Å². The average molecular weight is 465 g/mol. The van der Waals surface area contributed by atoms with E-state index in [1.165, 1.54) is 16.9 Å². The van der Waals surface area contributed by atoms with Gasteiger partial charge in [0.05, 0.1) is 12.1 Å². The molecule has 0 radical (unpaired) electrons. The highest BCUT2D eigenvalue weighted by Gasteiger charge is 2.23. The molecule has 33 heavy (non-hydrogen) atoms. The van der Waals surface area contributed by atoms with Crippen LogP contribution in [0, 0.1) is 0 Å². The van der Waals surface area contributed by atoms with Gasteiger partial charge in [0.15, 0.2) is 16.6 Å². The van der Waals surface area contributed by atoms with Crippen molar-refractivity contribution < 1.29 is 19.1 Å². The highest BCUT2D eigenvalue weighted by Crippen LogP contribution is 2.32. The fourth-order valence-electron chi connectivity index (χ4n) is 3.92. The van der Waals surface area contributed by atoms with Crippen LogP contribution in [0.5, 0.6) is 11.5 Å². The number of carbonyl (C=O) groups is 2. The molecule has 0 aliphatic carbocycles. The molecule has 2 aliphatic rings. The normalized spacial score (nSPS) is 15.5. The molecule has 1 aromatic heterocycles. The van der Waals surface area contributed by atoms with Crippen LogP contribution < -0.4 is 14.8 Å². The number of aromatic nitrogens is 1. The Morgan fingerprint density at radius 3 is 2.61 bits per heavy atom. The van der Waals surface area contributed by atoms with E-state index >= 15 is 0 Å². The van der Waals surface area contributed by atoms with Crippen LogP contribution in [0.3, 0.4) is 0 Å². The van der Waals surface area contributed by atoms with Crippen LogP contribution in [-0.2, 0) is 17.8 Å². The lowest BCUT2D eigenvalue weighted by Gasteiger charge is -2.34. The van der Waals surface area contributed by atoms with Crippen molar-refractivity contribution in [2.75, 3.05) is 38.3 Å². The average Bonchev–Trinajstić information content (AvgIpc) is 3.49. The summed E-state index contributed by atoms with van der Waals surface area (Å²) in [7, 11) is 0. The van der Waals surface area contributed by atoms with Gasteiger partial charge in [-0.2, -0.15) is 0 Å². The number of hydrogen-bond acceptors (Lipinski definition) is 7. The summed E-state index contributed by atoms with van der Waals surface area (Å²) in [6.45, 7) is 4.09. The molecule has 2 aromatic carbocycles. The molecule has 5 rings (SSSR count). The Hall–Kier alpha value is -3.43. The Labute approximate surface area is 195 Å². The van der Waals surface area contributed by atoms with E-state index in [4.69, 9.17) is 9.47 Å². The number of nitrogens with zero attached hydrogens (tertiary/aromatic N) is 3. The van der Waals surface area contributed by atoms with Crippen molar-refractivity contribution in [3.8, 4) is 11.5 Å². The van der Waals surface area contributed by atoms with Gasteiger partial charge in [-0.1, -0.05) is 24.3 Å². The van der Waals surface area contributed by atoms with Gasteiger partial charge in [0.2, 0.25) is 12.7 Å². The summed E-state index contributed by atoms with van der Waals surface area (Å²) < 4.78 is 10.8. The van der Waals surface area contributed by atoms with E-state index < -0.39 is 0 Å². The fraction of sp³-hybridized carbons (Fsp3) is 0.292. The number of nitrogens with one attached hydrogen (secondary N) is 1. The summed E-state index contributed by atoms with van der Waals surface area (Å²) in [5.74, 6) is 1.44. The second-order valence-corrected chi connectivity index (χ2v) is 8.84. The molecule has 0 bridgehead atoms. The quantitative estimate of drug-likeness (QED) is 0.604. The molecule has 0 unspecified atom stereocenters. The van der Waals surface area contributed by atoms with Crippen molar-refractivity contribution in [1.29, 1.82) is 0 Å². The Morgan fingerprint density at radius 1 is 1.00 bits per heavy atom. The number of thiazole rings is 1. The third kappa shape index (κ3) is 5.15. The van der Waals surface area contributed by atoms with Gasteiger partial charge >= 0.3 is 0 Å². The zero-order valence-corrected chi connectivity index (χ0v) is 18.8. The largest absolute Gasteiger partial charge is 0.454 e. The first-order valence-corrected chi connectivity index (χ1v) is 11.7. The van der Waals surface area contributed by atoms with Gasteiger partial charge < -0.3 is 14.4 Å². The maximum absolute atomic E-state index is 12.8. The zero-order chi connectivity index (χ0) is 22.6. The molecule has 1 fully saturated rings. The number of ether oxygens (including phenoxy) is 2. The second kappa shape index (κ2) is 9.60. The lowest BCUT2D eigenvalue weighted by Crippen LogP contribution is -2.48. The number of rotatable bonds is 6. The summed E-state index contributed by atoms with van der Waals surface area (Å²) in [6, 6.07) is 15.0. The summed E-state index contributed by atoms with van der Waals surface area (Å²) in [4.78, 5) is 33.7. The van der Waals surface area contributed by atoms with Gasteiger partial charge in [-0.3, -0.25) is 19.8 Å². The minimum Gasteiger partial charge on any atom is -0.454 e. The molecule has 0 spiro atoms. The van der Waals surface area contributed by atoms with Gasteiger partial charge in [0.1, 0.15) is 0 Å². The number of fused-ring (bicyclic) bond motifs is 1. The smallest absolute Gasteiger partial charge is 0.257 e. The summed E-state index contributed by atoms with van der Waals surface area (Å²) >= 11 is 1.33. The summed E-state index contributed by atoms with van der Waals surface area (Å²) in [6.07, 6.45) is 0.236.